The number of nitrogens with zero attached hydrogens (tertiary/aromatic N) is 2. The first-order valence-electron chi connectivity index (χ1n) is 8.39. The Hall–Kier alpha value is -0.260. The standard InChI is InChI=1S/C16H31N3OS/c1-13-3-5-14(6-4-13)18-8-10-19(11-9-18)16(20)15(17)7-12-21-2/h13-15H,3-12,17H2,1-2H3/t13?,14?,15-/m0/s1. The summed E-state index contributed by atoms with van der Waals surface area (Å²) in [6.07, 6.45) is 8.25. The monoisotopic (exact) mass is 313 g/mol. The lowest BCUT2D eigenvalue weighted by molar-refractivity contribution is -0.134. The number of rotatable bonds is 5. The molecule has 2 N–H and O–H groups in total. The van der Waals surface area contributed by atoms with Crippen molar-refractivity contribution >= 4 is 17.7 Å². The molecule has 0 aromatic heterocycles. The summed E-state index contributed by atoms with van der Waals surface area (Å²) < 4.78 is 0. The fraction of sp³-hybridized carbons (Fsp3) is 0.938. The molecule has 1 aliphatic heterocycles. The van der Waals surface area contributed by atoms with Crippen LogP contribution in [0.2, 0.25) is 0 Å². The summed E-state index contributed by atoms with van der Waals surface area (Å²) in [5.41, 5.74) is 6.01. The first-order valence-corrected chi connectivity index (χ1v) is 9.78. The number of carbonyl (C=O) groups excluding carboxylic acids is 1. The molecule has 0 unspecified atom stereocenters. The number of hydrogen-bond donors (Lipinski definition) is 1. The van der Waals surface area contributed by atoms with Crippen LogP contribution in [0, 0.1) is 5.92 Å². The molecule has 0 aromatic carbocycles. The van der Waals surface area contributed by atoms with Gasteiger partial charge in [0.05, 0.1) is 6.04 Å². The van der Waals surface area contributed by atoms with Crippen molar-refractivity contribution in [1.29, 1.82) is 0 Å². The molecule has 2 aliphatic rings. The van der Waals surface area contributed by atoms with Gasteiger partial charge in [0.1, 0.15) is 0 Å². The Balaban J connectivity index is 1.73. The van der Waals surface area contributed by atoms with Crippen LogP contribution in [0.5, 0.6) is 0 Å². The normalized spacial score (nSPS) is 29.4. The Morgan fingerprint density at radius 2 is 1.81 bits per heavy atom. The Kier molecular flexibility index (Phi) is 6.83. The van der Waals surface area contributed by atoms with Crippen LogP contribution in [0.25, 0.3) is 0 Å². The molecule has 2 fully saturated rings. The SMILES string of the molecule is CSCC[C@H](N)C(=O)N1CCN(C2CCC(C)CC2)CC1. The fourth-order valence-electron chi connectivity index (χ4n) is 3.52. The van der Waals surface area contributed by atoms with Gasteiger partial charge in [0.15, 0.2) is 0 Å². The zero-order chi connectivity index (χ0) is 15.2. The Morgan fingerprint density at radius 3 is 2.38 bits per heavy atom. The smallest absolute Gasteiger partial charge is 0.239 e. The van der Waals surface area contributed by atoms with Crippen molar-refractivity contribution in [2.75, 3.05) is 38.2 Å². The molecule has 1 atom stereocenters. The molecule has 0 spiro atoms. The Morgan fingerprint density at radius 1 is 1.19 bits per heavy atom. The number of carbonyl (C=O) groups is 1. The minimum atomic E-state index is -0.306. The highest BCUT2D eigenvalue weighted by Gasteiger charge is 2.29. The molecule has 1 amide bonds. The van der Waals surface area contributed by atoms with Crippen molar-refractivity contribution in [3.63, 3.8) is 0 Å². The molecule has 0 bridgehead atoms. The summed E-state index contributed by atoms with van der Waals surface area (Å²) in [4.78, 5) is 16.9. The van der Waals surface area contributed by atoms with Crippen molar-refractivity contribution in [2.24, 2.45) is 11.7 Å². The van der Waals surface area contributed by atoms with E-state index >= 15 is 0 Å². The molecule has 122 valence electrons. The third kappa shape index (κ3) is 4.86. The molecule has 0 radical (unpaired) electrons. The van der Waals surface area contributed by atoms with Crippen molar-refractivity contribution in [3.8, 4) is 0 Å². The van der Waals surface area contributed by atoms with E-state index in [1.807, 2.05) is 4.90 Å². The van der Waals surface area contributed by atoms with Crippen molar-refractivity contribution in [2.45, 2.75) is 51.1 Å². The number of amides is 1. The summed E-state index contributed by atoms with van der Waals surface area (Å²) in [5, 5.41) is 0. The average Bonchev–Trinajstić information content (AvgIpc) is 2.53. The van der Waals surface area contributed by atoms with E-state index in [0.29, 0.717) is 0 Å². The lowest BCUT2D eigenvalue weighted by Crippen LogP contribution is -2.55. The van der Waals surface area contributed by atoms with Crippen LogP contribution in [0.4, 0.5) is 0 Å². The van der Waals surface area contributed by atoms with Crippen molar-refractivity contribution in [3.05, 3.63) is 0 Å². The fourth-order valence-corrected chi connectivity index (χ4v) is 4.01. The van der Waals surface area contributed by atoms with Crippen LogP contribution < -0.4 is 5.73 Å². The van der Waals surface area contributed by atoms with Gasteiger partial charge >= 0.3 is 0 Å². The molecular weight excluding hydrogens is 282 g/mol. The molecule has 1 saturated heterocycles. The molecule has 1 saturated carbocycles. The maximum absolute atomic E-state index is 12.3. The van der Waals surface area contributed by atoms with E-state index < -0.39 is 0 Å². The minimum absolute atomic E-state index is 0.154. The van der Waals surface area contributed by atoms with E-state index in [-0.39, 0.29) is 11.9 Å². The second-order valence-corrected chi connectivity index (χ2v) is 7.65. The second-order valence-electron chi connectivity index (χ2n) is 6.66. The molecule has 2 rings (SSSR count). The van der Waals surface area contributed by atoms with Crippen LogP contribution >= 0.6 is 11.8 Å². The third-order valence-electron chi connectivity index (χ3n) is 5.08. The second kappa shape index (κ2) is 8.39. The molecule has 0 aromatic rings. The number of piperazine rings is 1. The summed E-state index contributed by atoms with van der Waals surface area (Å²) >= 11 is 1.75. The highest BCUT2D eigenvalue weighted by Crippen LogP contribution is 2.27. The van der Waals surface area contributed by atoms with E-state index in [4.69, 9.17) is 5.73 Å². The summed E-state index contributed by atoms with van der Waals surface area (Å²) in [7, 11) is 0. The Labute approximate surface area is 133 Å². The van der Waals surface area contributed by atoms with Crippen LogP contribution in [-0.4, -0.2) is 66.0 Å². The number of hydrogen-bond acceptors (Lipinski definition) is 4. The third-order valence-corrected chi connectivity index (χ3v) is 5.72. The van der Waals surface area contributed by atoms with E-state index in [9.17, 15) is 4.79 Å². The number of nitrogens with two attached hydrogens (primary N) is 1. The van der Waals surface area contributed by atoms with Crippen LogP contribution in [0.1, 0.15) is 39.0 Å². The van der Waals surface area contributed by atoms with E-state index in [1.54, 1.807) is 11.8 Å². The van der Waals surface area contributed by atoms with Gasteiger partial charge in [-0.2, -0.15) is 11.8 Å². The van der Waals surface area contributed by atoms with Crippen molar-refractivity contribution < 1.29 is 4.79 Å². The van der Waals surface area contributed by atoms with Crippen LogP contribution in [0.3, 0.4) is 0 Å². The van der Waals surface area contributed by atoms with Gasteiger partial charge in [-0.1, -0.05) is 6.92 Å². The van der Waals surface area contributed by atoms with E-state index in [0.717, 1.165) is 50.3 Å². The van der Waals surface area contributed by atoms with Gasteiger partial charge in [0, 0.05) is 32.2 Å². The molecular formula is C16H31N3OS. The van der Waals surface area contributed by atoms with Gasteiger partial charge in [0.25, 0.3) is 0 Å². The summed E-state index contributed by atoms with van der Waals surface area (Å²) in [5.74, 6) is 2.02. The molecule has 1 heterocycles. The lowest BCUT2D eigenvalue weighted by atomic mass is 9.86. The van der Waals surface area contributed by atoms with Crippen molar-refractivity contribution in [1.82, 2.24) is 9.80 Å². The van der Waals surface area contributed by atoms with Crippen LogP contribution in [-0.2, 0) is 4.79 Å². The highest BCUT2D eigenvalue weighted by atomic mass is 32.2. The molecule has 21 heavy (non-hydrogen) atoms. The zero-order valence-corrected chi connectivity index (χ0v) is 14.4. The zero-order valence-electron chi connectivity index (χ0n) is 13.6. The van der Waals surface area contributed by atoms with E-state index in [1.165, 1.54) is 25.7 Å². The number of thioether (sulfide) groups is 1. The molecule has 1 aliphatic carbocycles. The highest BCUT2D eigenvalue weighted by molar-refractivity contribution is 7.98. The van der Waals surface area contributed by atoms with Gasteiger partial charge in [-0.3, -0.25) is 9.69 Å². The quantitative estimate of drug-likeness (QED) is 0.841. The predicted octanol–water partition coefficient (Wildman–Crippen LogP) is 1.79. The minimum Gasteiger partial charge on any atom is -0.339 e. The topological polar surface area (TPSA) is 49.6 Å². The predicted molar refractivity (Wildman–Crippen MR) is 90.5 cm³/mol. The van der Waals surface area contributed by atoms with Gasteiger partial charge in [-0.25, -0.2) is 0 Å². The first-order chi connectivity index (χ1) is 10.1. The van der Waals surface area contributed by atoms with Crippen LogP contribution in [0.15, 0.2) is 0 Å². The van der Waals surface area contributed by atoms with Gasteiger partial charge in [-0.05, 0) is 50.0 Å². The van der Waals surface area contributed by atoms with E-state index in [2.05, 4.69) is 18.1 Å². The summed E-state index contributed by atoms with van der Waals surface area (Å²) in [6, 6.07) is 0.447. The lowest BCUT2D eigenvalue weighted by Gasteiger charge is -2.42. The van der Waals surface area contributed by atoms with Gasteiger partial charge < -0.3 is 10.6 Å². The molecule has 4 nitrogen and oxygen atoms in total. The maximum Gasteiger partial charge on any atom is 0.239 e. The average molecular weight is 314 g/mol. The maximum atomic E-state index is 12.3. The largest absolute Gasteiger partial charge is 0.339 e. The summed E-state index contributed by atoms with van der Waals surface area (Å²) in [6.45, 7) is 6.14. The molecule has 5 heteroatoms. The Bertz CT molecular complexity index is 323. The van der Waals surface area contributed by atoms with Gasteiger partial charge in [-0.15, -0.1) is 0 Å². The first kappa shape index (κ1) is 17.1. The van der Waals surface area contributed by atoms with Gasteiger partial charge in [0.2, 0.25) is 5.91 Å².